The van der Waals surface area contributed by atoms with E-state index in [1.807, 2.05) is 44.2 Å². The van der Waals surface area contributed by atoms with Gasteiger partial charge in [0.2, 0.25) is 0 Å². The molecule has 0 radical (unpaired) electrons. The maximum atomic E-state index is 12.7. The topological polar surface area (TPSA) is 68.0 Å². The van der Waals surface area contributed by atoms with Crippen LogP contribution in [0, 0.1) is 13.8 Å². The molecule has 25 heavy (non-hydrogen) atoms. The number of rotatable bonds is 4. The van der Waals surface area contributed by atoms with E-state index in [0.717, 1.165) is 43.6 Å². The highest BCUT2D eigenvalue weighted by Crippen LogP contribution is 2.37. The van der Waals surface area contributed by atoms with Gasteiger partial charge in [0.05, 0.1) is 5.69 Å². The molecule has 1 amide bonds. The Balaban J connectivity index is 2.03. The summed E-state index contributed by atoms with van der Waals surface area (Å²) in [4.78, 5) is 18.6. The number of hydrogen-bond donors (Lipinski definition) is 2. The average Bonchev–Trinajstić information content (AvgIpc) is 2.90. The van der Waals surface area contributed by atoms with Gasteiger partial charge in [-0.3, -0.25) is 4.79 Å². The van der Waals surface area contributed by atoms with E-state index >= 15 is 0 Å². The second-order valence-corrected chi connectivity index (χ2v) is 7.69. The lowest BCUT2D eigenvalue weighted by atomic mass is 10.0. The summed E-state index contributed by atoms with van der Waals surface area (Å²) < 4.78 is 0.955. The summed E-state index contributed by atoms with van der Waals surface area (Å²) in [5.74, 6) is -0.217. The van der Waals surface area contributed by atoms with Gasteiger partial charge in [-0.15, -0.1) is 17.9 Å². The predicted octanol–water partition coefficient (Wildman–Crippen LogP) is 5.24. The van der Waals surface area contributed by atoms with Crippen LogP contribution in [0.5, 0.6) is 0 Å². The van der Waals surface area contributed by atoms with Crippen LogP contribution in [0.15, 0.2) is 41.4 Å². The molecule has 6 heteroatoms. The maximum absolute atomic E-state index is 12.7. The molecule has 2 heterocycles. The van der Waals surface area contributed by atoms with Crippen molar-refractivity contribution in [2.75, 3.05) is 11.1 Å². The van der Waals surface area contributed by atoms with Crippen LogP contribution in [-0.2, 0) is 6.42 Å². The van der Waals surface area contributed by atoms with Crippen molar-refractivity contribution in [3.8, 4) is 0 Å². The summed E-state index contributed by atoms with van der Waals surface area (Å²) >= 11 is 4.71. The summed E-state index contributed by atoms with van der Waals surface area (Å²) in [7, 11) is 0. The van der Waals surface area contributed by atoms with E-state index in [2.05, 4.69) is 32.8 Å². The van der Waals surface area contributed by atoms with Crippen molar-refractivity contribution in [1.82, 2.24) is 4.98 Å². The fourth-order valence-corrected chi connectivity index (χ4v) is 4.21. The molecule has 0 saturated heterocycles. The number of allylic oxidation sites excluding steroid dienone is 1. The van der Waals surface area contributed by atoms with Crippen molar-refractivity contribution in [2.24, 2.45) is 0 Å². The van der Waals surface area contributed by atoms with E-state index in [-0.39, 0.29) is 5.91 Å². The first kappa shape index (κ1) is 17.6. The van der Waals surface area contributed by atoms with Crippen molar-refractivity contribution in [2.45, 2.75) is 20.3 Å². The van der Waals surface area contributed by atoms with Crippen LogP contribution in [0.25, 0.3) is 10.2 Å². The molecule has 0 aliphatic heterocycles. The first-order valence-corrected chi connectivity index (χ1v) is 9.39. The average molecular weight is 416 g/mol. The quantitative estimate of drug-likeness (QED) is 0.572. The molecule has 0 atom stereocenters. The third-order valence-electron chi connectivity index (χ3n) is 4.12. The first-order valence-electron chi connectivity index (χ1n) is 7.78. The number of nitrogens with zero attached hydrogens (tertiary/aromatic N) is 1. The van der Waals surface area contributed by atoms with Gasteiger partial charge in [0, 0.05) is 21.2 Å². The number of hydrogen-bond acceptors (Lipinski definition) is 4. The molecule has 3 aromatic rings. The number of nitrogen functional groups attached to an aromatic ring is 1. The molecule has 0 unspecified atom stereocenters. The van der Waals surface area contributed by atoms with Gasteiger partial charge in [-0.2, -0.15) is 0 Å². The number of amides is 1. The van der Waals surface area contributed by atoms with Crippen molar-refractivity contribution >= 4 is 54.8 Å². The fraction of sp³-hybridized carbons (Fsp3) is 0.158. The number of pyridine rings is 1. The zero-order valence-electron chi connectivity index (χ0n) is 14.0. The third kappa shape index (κ3) is 3.32. The molecule has 0 fully saturated rings. The number of aromatic nitrogens is 1. The molecule has 0 spiro atoms. The highest BCUT2D eigenvalue weighted by atomic mass is 79.9. The summed E-state index contributed by atoms with van der Waals surface area (Å²) in [5.41, 5.74) is 10.7. The van der Waals surface area contributed by atoms with E-state index in [0.29, 0.717) is 10.6 Å². The smallest absolute Gasteiger partial charge is 0.267 e. The summed E-state index contributed by atoms with van der Waals surface area (Å²) in [5, 5.41) is 3.76. The van der Waals surface area contributed by atoms with Crippen LogP contribution in [0.3, 0.4) is 0 Å². The normalized spacial score (nSPS) is 10.8. The Kier molecular flexibility index (Phi) is 4.92. The van der Waals surface area contributed by atoms with Gasteiger partial charge in [0.25, 0.3) is 5.91 Å². The van der Waals surface area contributed by atoms with E-state index in [9.17, 15) is 4.79 Å². The van der Waals surface area contributed by atoms with Crippen LogP contribution in [0.1, 0.15) is 26.5 Å². The molecule has 2 aromatic heterocycles. The molecule has 1 aromatic carbocycles. The number of anilines is 2. The Morgan fingerprint density at radius 1 is 1.36 bits per heavy atom. The van der Waals surface area contributed by atoms with Crippen LogP contribution in [0.2, 0.25) is 0 Å². The Labute approximate surface area is 158 Å². The molecule has 0 aliphatic rings. The molecule has 0 aliphatic carbocycles. The minimum Gasteiger partial charge on any atom is -0.397 e. The molecular weight excluding hydrogens is 398 g/mol. The minimum atomic E-state index is -0.217. The summed E-state index contributed by atoms with van der Waals surface area (Å²) in [6, 6.07) is 7.42. The molecule has 0 bridgehead atoms. The maximum Gasteiger partial charge on any atom is 0.267 e. The van der Waals surface area contributed by atoms with Gasteiger partial charge in [0.15, 0.2) is 0 Å². The van der Waals surface area contributed by atoms with E-state index in [1.54, 1.807) is 0 Å². The number of carbonyl (C=O) groups excluding carboxylic acids is 1. The number of halogens is 1. The number of fused-ring (bicyclic) bond motifs is 1. The van der Waals surface area contributed by atoms with Gasteiger partial charge in [-0.1, -0.05) is 22.0 Å². The minimum absolute atomic E-state index is 0.217. The van der Waals surface area contributed by atoms with Crippen molar-refractivity contribution in [3.63, 3.8) is 0 Å². The van der Waals surface area contributed by atoms with Crippen LogP contribution in [-0.4, -0.2) is 10.9 Å². The SMILES string of the molecule is C=CCc1c(C)nc2sc(C(=O)Nc3ccc(Br)cc3)c(N)c2c1C. The van der Waals surface area contributed by atoms with E-state index in [4.69, 9.17) is 5.73 Å². The van der Waals surface area contributed by atoms with Gasteiger partial charge >= 0.3 is 0 Å². The molecule has 0 saturated carbocycles. The van der Waals surface area contributed by atoms with Crippen LogP contribution in [0.4, 0.5) is 11.4 Å². The lowest BCUT2D eigenvalue weighted by molar-refractivity contribution is 0.103. The lowest BCUT2D eigenvalue weighted by Crippen LogP contribution is -2.11. The zero-order valence-corrected chi connectivity index (χ0v) is 16.4. The molecule has 3 rings (SSSR count). The standard InChI is InChI=1S/C19H18BrN3OS/c1-4-5-14-10(2)15-16(21)17(25-19(15)22-11(14)3)18(24)23-13-8-6-12(20)7-9-13/h4,6-9H,1,5,21H2,2-3H3,(H,23,24). The zero-order chi connectivity index (χ0) is 18.1. The van der Waals surface area contributed by atoms with Gasteiger partial charge in [-0.25, -0.2) is 4.98 Å². The molecule has 128 valence electrons. The number of nitrogens with two attached hydrogens (primary N) is 1. The molecule has 4 nitrogen and oxygen atoms in total. The fourth-order valence-electron chi connectivity index (χ4n) is 2.85. The Hall–Kier alpha value is -2.18. The Morgan fingerprint density at radius 3 is 2.68 bits per heavy atom. The van der Waals surface area contributed by atoms with E-state index < -0.39 is 0 Å². The van der Waals surface area contributed by atoms with Crippen molar-refractivity contribution in [3.05, 3.63) is 63.1 Å². The van der Waals surface area contributed by atoms with Crippen LogP contribution >= 0.6 is 27.3 Å². The Bertz CT molecular complexity index is 977. The highest BCUT2D eigenvalue weighted by Gasteiger charge is 2.21. The summed E-state index contributed by atoms with van der Waals surface area (Å²) in [6.07, 6.45) is 2.59. The van der Waals surface area contributed by atoms with Gasteiger partial charge in [0.1, 0.15) is 9.71 Å². The van der Waals surface area contributed by atoms with Crippen molar-refractivity contribution < 1.29 is 4.79 Å². The van der Waals surface area contributed by atoms with Crippen LogP contribution < -0.4 is 11.1 Å². The Morgan fingerprint density at radius 2 is 2.04 bits per heavy atom. The second-order valence-electron chi connectivity index (χ2n) is 5.78. The van der Waals surface area contributed by atoms with E-state index in [1.165, 1.54) is 11.3 Å². The number of thiophene rings is 1. The molecule has 3 N–H and O–H groups in total. The number of aryl methyl sites for hydroxylation is 2. The number of nitrogens with one attached hydrogen (secondary N) is 1. The number of carbonyl (C=O) groups is 1. The molecular formula is C19H18BrN3OS. The monoisotopic (exact) mass is 415 g/mol. The van der Waals surface area contributed by atoms with Crippen molar-refractivity contribution in [1.29, 1.82) is 0 Å². The highest BCUT2D eigenvalue weighted by molar-refractivity contribution is 9.10. The lowest BCUT2D eigenvalue weighted by Gasteiger charge is -2.09. The third-order valence-corrected chi connectivity index (χ3v) is 5.74. The first-order chi connectivity index (χ1) is 11.9. The predicted molar refractivity (Wildman–Crippen MR) is 110 cm³/mol. The van der Waals surface area contributed by atoms with Gasteiger partial charge in [-0.05, 0) is 55.7 Å². The summed E-state index contributed by atoms with van der Waals surface area (Å²) in [6.45, 7) is 7.80. The second kappa shape index (κ2) is 6.98. The number of benzene rings is 1. The largest absolute Gasteiger partial charge is 0.397 e. The van der Waals surface area contributed by atoms with Gasteiger partial charge < -0.3 is 11.1 Å².